The highest BCUT2D eigenvalue weighted by Crippen LogP contribution is 2.38. The lowest BCUT2D eigenvalue weighted by Gasteiger charge is -2.14. The maximum Gasteiger partial charge on any atom is 0.164 e. The first-order valence-corrected chi connectivity index (χ1v) is 16.7. The van der Waals surface area contributed by atoms with Crippen LogP contribution in [0, 0.1) is 0 Å². The molecule has 4 nitrogen and oxygen atoms in total. The first-order chi connectivity index (χ1) is 24.8. The third-order valence-electron chi connectivity index (χ3n) is 9.13. The topological polar surface area (TPSA) is 51.6 Å². The molecule has 2 aromatic heterocycles. The van der Waals surface area contributed by atoms with Crippen molar-refractivity contribution in [1.82, 2.24) is 19.9 Å². The lowest BCUT2D eigenvalue weighted by molar-refractivity contribution is 1.07. The van der Waals surface area contributed by atoms with Crippen molar-refractivity contribution in [3.63, 3.8) is 0 Å². The van der Waals surface area contributed by atoms with E-state index in [1.54, 1.807) is 0 Å². The van der Waals surface area contributed by atoms with Crippen molar-refractivity contribution in [3.8, 4) is 67.7 Å². The minimum absolute atomic E-state index is 0.605. The van der Waals surface area contributed by atoms with Gasteiger partial charge in [0.25, 0.3) is 0 Å². The zero-order valence-corrected chi connectivity index (χ0v) is 27.1. The van der Waals surface area contributed by atoms with E-state index in [0.29, 0.717) is 17.5 Å². The van der Waals surface area contributed by atoms with Crippen LogP contribution in [-0.4, -0.2) is 19.9 Å². The monoisotopic (exact) mass is 638 g/mol. The van der Waals surface area contributed by atoms with Gasteiger partial charge >= 0.3 is 0 Å². The Balaban J connectivity index is 1.24. The number of rotatable bonds is 6. The van der Waals surface area contributed by atoms with Gasteiger partial charge in [-0.2, -0.15) is 0 Å². The summed E-state index contributed by atoms with van der Waals surface area (Å²) in [4.78, 5) is 19.8. The van der Waals surface area contributed by atoms with E-state index in [1.165, 1.54) is 27.1 Å². The SMILES string of the molecule is c1ccc(-c2nc(-c3ccccc3)nc(-c3cc(-c4cccc(-c5cc6ccccc6c6ccccc56)c4)cc(-c4ccccn4)c3)n2)cc1. The van der Waals surface area contributed by atoms with Gasteiger partial charge in [-0.1, -0.05) is 133 Å². The van der Waals surface area contributed by atoms with Crippen LogP contribution in [0.1, 0.15) is 0 Å². The molecule has 0 aliphatic rings. The number of nitrogens with zero attached hydrogens (tertiary/aromatic N) is 4. The van der Waals surface area contributed by atoms with Crippen LogP contribution in [0.5, 0.6) is 0 Å². The second-order valence-electron chi connectivity index (χ2n) is 12.3. The third-order valence-corrected chi connectivity index (χ3v) is 9.13. The zero-order valence-electron chi connectivity index (χ0n) is 27.1. The van der Waals surface area contributed by atoms with Gasteiger partial charge in [0.15, 0.2) is 17.5 Å². The van der Waals surface area contributed by atoms with E-state index in [-0.39, 0.29) is 0 Å². The van der Waals surface area contributed by atoms with Crippen LogP contribution in [0.3, 0.4) is 0 Å². The molecule has 9 rings (SSSR count). The molecule has 7 aromatic carbocycles. The summed E-state index contributed by atoms with van der Waals surface area (Å²) in [6, 6.07) is 61.1. The Morgan fingerprint density at radius 1 is 0.300 bits per heavy atom. The smallest absolute Gasteiger partial charge is 0.164 e. The minimum atomic E-state index is 0.605. The molecule has 0 atom stereocenters. The summed E-state index contributed by atoms with van der Waals surface area (Å²) in [5.41, 5.74) is 9.15. The molecule has 0 N–H and O–H groups in total. The third kappa shape index (κ3) is 5.59. The Hall–Kier alpha value is -6.78. The highest BCUT2D eigenvalue weighted by Gasteiger charge is 2.16. The van der Waals surface area contributed by atoms with Gasteiger partial charge in [0.05, 0.1) is 5.69 Å². The summed E-state index contributed by atoms with van der Waals surface area (Å²) in [5.74, 6) is 1.86. The quantitative estimate of drug-likeness (QED) is 0.170. The molecule has 0 saturated heterocycles. The molecule has 0 aliphatic heterocycles. The fourth-order valence-electron chi connectivity index (χ4n) is 6.70. The molecule has 50 heavy (non-hydrogen) atoms. The molecule has 2 heterocycles. The highest BCUT2D eigenvalue weighted by molar-refractivity contribution is 6.13. The number of hydrogen-bond acceptors (Lipinski definition) is 4. The largest absolute Gasteiger partial charge is 0.256 e. The summed E-state index contributed by atoms with van der Waals surface area (Å²) in [6.45, 7) is 0. The van der Waals surface area contributed by atoms with E-state index in [2.05, 4.69) is 97.1 Å². The minimum Gasteiger partial charge on any atom is -0.256 e. The van der Waals surface area contributed by atoms with Crippen LogP contribution < -0.4 is 0 Å². The summed E-state index contributed by atoms with van der Waals surface area (Å²) in [5, 5.41) is 4.98. The van der Waals surface area contributed by atoms with Gasteiger partial charge < -0.3 is 0 Å². The Kier molecular flexibility index (Phi) is 7.45. The molecular weight excluding hydrogens is 609 g/mol. The Morgan fingerprint density at radius 2 is 0.820 bits per heavy atom. The zero-order chi connectivity index (χ0) is 33.3. The van der Waals surface area contributed by atoms with Crippen LogP contribution in [0.4, 0.5) is 0 Å². The molecule has 0 fully saturated rings. The number of aromatic nitrogens is 4. The van der Waals surface area contributed by atoms with Gasteiger partial charge in [-0.05, 0) is 86.3 Å². The predicted octanol–water partition coefficient (Wildman–Crippen LogP) is 11.6. The molecule has 0 spiro atoms. The predicted molar refractivity (Wildman–Crippen MR) is 205 cm³/mol. The van der Waals surface area contributed by atoms with E-state index in [9.17, 15) is 0 Å². The van der Waals surface area contributed by atoms with Crippen molar-refractivity contribution in [1.29, 1.82) is 0 Å². The maximum absolute atomic E-state index is 5.05. The van der Waals surface area contributed by atoms with Gasteiger partial charge in [0.2, 0.25) is 0 Å². The van der Waals surface area contributed by atoms with Crippen molar-refractivity contribution in [2.45, 2.75) is 0 Å². The van der Waals surface area contributed by atoms with Gasteiger partial charge in [-0.25, -0.2) is 15.0 Å². The standard InChI is InChI=1S/C46H30N4/c1-3-14-31(15-4-1)44-48-45(32-16-5-2-6-17-32)50-46(49-44)38-28-36(27-37(29-38)43-24-11-12-25-47-43)33-19-13-20-34(26-33)42-30-35-18-7-8-21-39(35)40-22-9-10-23-41(40)42/h1-30H. The lowest BCUT2D eigenvalue weighted by atomic mass is 9.91. The van der Waals surface area contributed by atoms with Crippen molar-refractivity contribution < 1.29 is 0 Å². The van der Waals surface area contributed by atoms with Crippen LogP contribution in [0.25, 0.3) is 89.2 Å². The van der Waals surface area contributed by atoms with E-state index in [4.69, 9.17) is 19.9 Å². The van der Waals surface area contributed by atoms with Crippen molar-refractivity contribution in [3.05, 3.63) is 182 Å². The summed E-state index contributed by atoms with van der Waals surface area (Å²) < 4.78 is 0. The molecule has 4 heteroatoms. The number of pyridine rings is 1. The summed E-state index contributed by atoms with van der Waals surface area (Å²) >= 11 is 0. The Bertz CT molecular complexity index is 2580. The van der Waals surface area contributed by atoms with E-state index in [0.717, 1.165) is 44.6 Å². The Labute approximate surface area is 290 Å². The average molecular weight is 639 g/mol. The summed E-state index contributed by atoms with van der Waals surface area (Å²) in [7, 11) is 0. The molecule has 0 aliphatic carbocycles. The van der Waals surface area contributed by atoms with E-state index in [1.807, 2.05) is 85.1 Å². The van der Waals surface area contributed by atoms with Gasteiger partial charge in [0, 0.05) is 28.5 Å². The van der Waals surface area contributed by atoms with Crippen LogP contribution in [-0.2, 0) is 0 Å². The number of fused-ring (bicyclic) bond motifs is 3. The first-order valence-electron chi connectivity index (χ1n) is 16.7. The molecule has 0 unspecified atom stereocenters. The molecule has 0 radical (unpaired) electrons. The molecule has 0 saturated carbocycles. The normalized spacial score (nSPS) is 11.2. The molecule has 0 amide bonds. The fraction of sp³-hybridized carbons (Fsp3) is 0. The van der Waals surface area contributed by atoms with Gasteiger partial charge in [-0.15, -0.1) is 0 Å². The van der Waals surface area contributed by atoms with Crippen molar-refractivity contribution in [2.24, 2.45) is 0 Å². The summed E-state index contributed by atoms with van der Waals surface area (Å²) in [6.07, 6.45) is 1.83. The highest BCUT2D eigenvalue weighted by atomic mass is 15.0. The maximum atomic E-state index is 5.05. The van der Waals surface area contributed by atoms with Crippen LogP contribution in [0.15, 0.2) is 182 Å². The fourth-order valence-corrected chi connectivity index (χ4v) is 6.70. The van der Waals surface area contributed by atoms with Gasteiger partial charge in [-0.3, -0.25) is 4.98 Å². The first kappa shape index (κ1) is 29.4. The van der Waals surface area contributed by atoms with Crippen LogP contribution in [0.2, 0.25) is 0 Å². The molecule has 9 aromatic rings. The van der Waals surface area contributed by atoms with Crippen molar-refractivity contribution >= 4 is 21.5 Å². The number of hydrogen-bond donors (Lipinski definition) is 0. The molecule has 234 valence electrons. The van der Waals surface area contributed by atoms with Crippen molar-refractivity contribution in [2.75, 3.05) is 0 Å². The van der Waals surface area contributed by atoms with E-state index >= 15 is 0 Å². The lowest BCUT2D eigenvalue weighted by Crippen LogP contribution is -2.00. The number of benzene rings is 7. The van der Waals surface area contributed by atoms with Crippen LogP contribution >= 0.6 is 0 Å². The Morgan fingerprint density at radius 3 is 1.52 bits per heavy atom. The van der Waals surface area contributed by atoms with E-state index < -0.39 is 0 Å². The average Bonchev–Trinajstić information content (AvgIpc) is 3.21. The molecular formula is C46H30N4. The van der Waals surface area contributed by atoms with Gasteiger partial charge in [0.1, 0.15) is 0 Å². The molecule has 0 bridgehead atoms. The second kappa shape index (κ2) is 12.7. The second-order valence-corrected chi connectivity index (χ2v) is 12.3.